The molecule has 178 valence electrons. The van der Waals surface area contributed by atoms with E-state index in [1.165, 1.54) is 27.7 Å². The Morgan fingerprint density at radius 3 is 1.67 bits per heavy atom. The minimum Gasteiger partial charge on any atom is -0.293 e. The van der Waals surface area contributed by atoms with Gasteiger partial charge in [0.05, 0.1) is 17.6 Å². The van der Waals surface area contributed by atoms with Crippen LogP contribution in [0.4, 0.5) is 5.69 Å². The van der Waals surface area contributed by atoms with E-state index in [0.717, 1.165) is 11.3 Å². The summed E-state index contributed by atoms with van der Waals surface area (Å²) in [7, 11) is -2.32. The molecule has 0 unspecified atom stereocenters. The van der Waals surface area contributed by atoms with Gasteiger partial charge in [-0.3, -0.25) is 14.4 Å². The number of rotatable bonds is 6. The predicted molar refractivity (Wildman–Crippen MR) is 159 cm³/mol. The van der Waals surface area contributed by atoms with Crippen LogP contribution in [-0.2, 0) is 4.79 Å². The molecule has 5 rings (SSSR count). The molecule has 3 nitrogen and oxygen atoms in total. The Balaban J connectivity index is 1.64. The minimum atomic E-state index is -2.32. The highest BCUT2D eigenvalue weighted by atomic mass is 32.2. The molecule has 1 saturated heterocycles. The van der Waals surface area contributed by atoms with Crippen LogP contribution in [0.2, 0.25) is 0 Å². The van der Waals surface area contributed by atoms with Crippen molar-refractivity contribution in [2.45, 2.75) is 6.92 Å². The molecule has 6 heteroatoms. The van der Waals surface area contributed by atoms with Gasteiger partial charge in [0.1, 0.15) is 4.32 Å². The van der Waals surface area contributed by atoms with Crippen molar-refractivity contribution >= 4 is 68.9 Å². The topological polar surface area (TPSA) is 32.7 Å². The van der Waals surface area contributed by atoms with Gasteiger partial charge in [-0.15, -0.1) is 0 Å². The van der Waals surface area contributed by atoms with E-state index >= 15 is 0 Å². The van der Waals surface area contributed by atoms with Crippen molar-refractivity contribution in [3.8, 4) is 0 Å². The number of hydrogen-bond donors (Lipinski definition) is 0. The molecule has 1 amide bonds. The van der Waals surface area contributed by atoms with Gasteiger partial charge in [0.2, 0.25) is 0 Å². The van der Waals surface area contributed by atoms with Crippen molar-refractivity contribution in [2.24, 2.45) is 4.74 Å². The Labute approximate surface area is 221 Å². The van der Waals surface area contributed by atoms with Crippen molar-refractivity contribution in [2.75, 3.05) is 6.54 Å². The largest absolute Gasteiger partial charge is 0.293 e. The van der Waals surface area contributed by atoms with Gasteiger partial charge in [0.15, 0.2) is 0 Å². The van der Waals surface area contributed by atoms with E-state index in [1.807, 2.05) is 55.5 Å². The number of thioether (sulfide) groups is 1. The van der Waals surface area contributed by atoms with Gasteiger partial charge in [0.25, 0.3) is 5.91 Å². The van der Waals surface area contributed by atoms with E-state index < -0.39 is 7.05 Å². The van der Waals surface area contributed by atoms with Crippen LogP contribution in [0.5, 0.6) is 0 Å². The van der Waals surface area contributed by atoms with Gasteiger partial charge in [0, 0.05) is 22.5 Å². The second kappa shape index (κ2) is 10.8. The van der Waals surface area contributed by atoms with Crippen LogP contribution in [-0.4, -0.2) is 21.7 Å². The van der Waals surface area contributed by atoms with Gasteiger partial charge in [-0.1, -0.05) is 127 Å². The highest BCUT2D eigenvalue weighted by Crippen LogP contribution is 2.49. The SMILES string of the molecule is CCN1C(=O)C(=Cc2ccc(N=P(c3ccccc3)(c3ccccc3)c3ccccc3)cc2)SC1=S. The summed E-state index contributed by atoms with van der Waals surface area (Å²) in [5, 5.41) is 3.61. The van der Waals surface area contributed by atoms with Crippen molar-refractivity contribution in [1.82, 2.24) is 4.90 Å². The molecular formula is C30H25N2OPS2. The smallest absolute Gasteiger partial charge is 0.266 e. The van der Waals surface area contributed by atoms with Gasteiger partial charge in [-0.25, -0.2) is 0 Å². The number of carbonyl (C=O) groups excluding carboxylic acids is 1. The Kier molecular flexibility index (Phi) is 7.33. The van der Waals surface area contributed by atoms with E-state index in [1.54, 1.807) is 4.90 Å². The zero-order valence-electron chi connectivity index (χ0n) is 19.8. The summed E-state index contributed by atoms with van der Waals surface area (Å²) in [6.07, 6.45) is 1.91. The van der Waals surface area contributed by atoms with Crippen LogP contribution in [0, 0.1) is 0 Å². The number of carbonyl (C=O) groups is 1. The number of amides is 1. The lowest BCUT2D eigenvalue weighted by Crippen LogP contribution is -2.27. The number of benzene rings is 4. The maximum absolute atomic E-state index is 12.6. The Morgan fingerprint density at radius 1 is 0.778 bits per heavy atom. The van der Waals surface area contributed by atoms with Crippen LogP contribution in [0.25, 0.3) is 6.08 Å². The number of nitrogens with zero attached hydrogens (tertiary/aromatic N) is 2. The quantitative estimate of drug-likeness (QED) is 0.160. The second-order valence-electron chi connectivity index (χ2n) is 8.26. The van der Waals surface area contributed by atoms with E-state index in [0.29, 0.717) is 15.8 Å². The molecule has 1 fully saturated rings. The highest BCUT2D eigenvalue weighted by molar-refractivity contribution is 8.26. The Hall–Kier alpha value is -3.24. The fourth-order valence-corrected chi connectivity index (χ4v) is 9.20. The minimum absolute atomic E-state index is 0.0246. The summed E-state index contributed by atoms with van der Waals surface area (Å²) in [5.41, 5.74) is 1.85. The lowest BCUT2D eigenvalue weighted by molar-refractivity contribution is -0.121. The molecule has 0 saturated carbocycles. The molecule has 0 radical (unpaired) electrons. The lowest BCUT2D eigenvalue weighted by Gasteiger charge is -2.27. The fourth-order valence-electron chi connectivity index (χ4n) is 4.29. The molecule has 4 aromatic rings. The Bertz CT molecular complexity index is 1360. The van der Waals surface area contributed by atoms with E-state index in [4.69, 9.17) is 17.0 Å². The average molecular weight is 525 g/mol. The number of hydrogen-bond acceptors (Lipinski definition) is 4. The van der Waals surface area contributed by atoms with Crippen LogP contribution in [0.1, 0.15) is 12.5 Å². The maximum Gasteiger partial charge on any atom is 0.266 e. The summed E-state index contributed by atoms with van der Waals surface area (Å²) in [5.74, 6) is -0.0246. The molecule has 4 aromatic carbocycles. The monoisotopic (exact) mass is 524 g/mol. The number of likely N-dealkylation sites (N-methyl/N-ethyl adjacent to an activating group) is 1. The Morgan fingerprint density at radius 2 is 1.25 bits per heavy atom. The van der Waals surface area contributed by atoms with E-state index in [-0.39, 0.29) is 5.91 Å². The molecule has 0 aliphatic carbocycles. The maximum atomic E-state index is 12.6. The standard InChI is InChI=1S/C30H25N2OPS2/c1-2-32-29(33)28(36-30(32)35)22-23-18-20-24(21-19-23)31-34(25-12-6-3-7-13-25,26-14-8-4-9-15-26)27-16-10-5-11-17-27/h3-22H,2H2,1H3. The molecule has 1 heterocycles. The molecular weight excluding hydrogens is 499 g/mol. The molecule has 1 aliphatic heterocycles. The van der Waals surface area contributed by atoms with Gasteiger partial charge >= 0.3 is 0 Å². The van der Waals surface area contributed by atoms with Crippen LogP contribution < -0.4 is 15.9 Å². The molecule has 0 N–H and O–H groups in total. The summed E-state index contributed by atoms with van der Waals surface area (Å²) in [6, 6.07) is 39.9. The van der Waals surface area contributed by atoms with E-state index in [2.05, 4.69) is 72.8 Å². The second-order valence-corrected chi connectivity index (χ2v) is 13.0. The first-order valence-corrected chi connectivity index (χ1v) is 14.7. The van der Waals surface area contributed by atoms with Crippen LogP contribution in [0.3, 0.4) is 0 Å². The third-order valence-electron chi connectivity index (χ3n) is 6.04. The molecule has 0 atom stereocenters. The fraction of sp³-hybridized carbons (Fsp3) is 0.0667. The molecule has 1 aliphatic rings. The van der Waals surface area contributed by atoms with Crippen LogP contribution in [0.15, 0.2) is 125 Å². The van der Waals surface area contributed by atoms with Crippen molar-refractivity contribution in [1.29, 1.82) is 0 Å². The summed E-state index contributed by atoms with van der Waals surface area (Å²) < 4.78 is 6.13. The third kappa shape index (κ3) is 4.75. The van der Waals surface area contributed by atoms with Gasteiger partial charge in [-0.2, -0.15) is 0 Å². The first-order chi connectivity index (χ1) is 17.6. The van der Waals surface area contributed by atoms with Gasteiger partial charge < -0.3 is 0 Å². The first kappa shape index (κ1) is 24.5. The van der Waals surface area contributed by atoms with Crippen molar-refractivity contribution < 1.29 is 4.79 Å². The molecule has 0 spiro atoms. The normalized spacial score (nSPS) is 14.9. The first-order valence-electron chi connectivity index (χ1n) is 11.8. The van der Waals surface area contributed by atoms with Gasteiger partial charge in [-0.05, 0) is 30.7 Å². The summed E-state index contributed by atoms with van der Waals surface area (Å²) in [6.45, 7) is 2.52. The van der Waals surface area contributed by atoms with E-state index in [9.17, 15) is 4.79 Å². The predicted octanol–water partition coefficient (Wildman–Crippen LogP) is 6.72. The highest BCUT2D eigenvalue weighted by Gasteiger charge is 2.30. The molecule has 0 aromatic heterocycles. The van der Waals surface area contributed by atoms with Crippen molar-refractivity contribution in [3.05, 3.63) is 126 Å². The van der Waals surface area contributed by atoms with Crippen molar-refractivity contribution in [3.63, 3.8) is 0 Å². The summed E-state index contributed by atoms with van der Waals surface area (Å²) in [4.78, 5) is 14.9. The third-order valence-corrected chi connectivity index (χ3v) is 11.1. The molecule has 36 heavy (non-hydrogen) atoms. The molecule has 0 bridgehead atoms. The zero-order chi connectivity index (χ0) is 25.0. The zero-order valence-corrected chi connectivity index (χ0v) is 22.3. The number of thiocarbonyl (C=S) groups is 1. The average Bonchev–Trinajstić information content (AvgIpc) is 3.21. The lowest BCUT2D eigenvalue weighted by atomic mass is 10.2. The summed E-state index contributed by atoms with van der Waals surface area (Å²) >= 11 is 6.70. The van der Waals surface area contributed by atoms with Crippen LogP contribution >= 0.6 is 31.0 Å².